The quantitative estimate of drug-likeness (QED) is 0.848. The first-order valence-corrected chi connectivity index (χ1v) is 6.38. The number of pyridine rings is 1. The topological polar surface area (TPSA) is 51.2 Å². The number of rotatable bonds is 5. The highest BCUT2D eigenvalue weighted by atomic mass is 79.9. The molecule has 1 aromatic heterocycles. The lowest BCUT2D eigenvalue weighted by molar-refractivity contribution is -0.141. The first-order valence-electron chi connectivity index (χ1n) is 5.59. The van der Waals surface area contributed by atoms with E-state index in [0.717, 1.165) is 0 Å². The molecule has 0 bridgehead atoms. The predicted molar refractivity (Wildman–Crippen MR) is 70.8 cm³/mol. The Bertz CT molecular complexity index is 427. The molecule has 1 rings (SSSR count). The summed E-state index contributed by atoms with van der Waals surface area (Å²) in [6.07, 6.45) is 2.01. The maximum Gasteiger partial charge on any atom is 0.328 e. The van der Waals surface area contributed by atoms with Crippen LogP contribution >= 0.6 is 15.9 Å². The van der Waals surface area contributed by atoms with Gasteiger partial charge < -0.3 is 10.1 Å². The number of nitrogens with one attached hydrogen (secondary N) is 1. The fraction of sp³-hybridized carbons (Fsp3) is 0.500. The van der Waals surface area contributed by atoms with Gasteiger partial charge in [-0.3, -0.25) is 0 Å². The molecule has 6 heteroatoms. The fourth-order valence-corrected chi connectivity index (χ4v) is 1.82. The zero-order valence-electron chi connectivity index (χ0n) is 10.5. The molecule has 0 saturated carbocycles. The van der Waals surface area contributed by atoms with Gasteiger partial charge in [-0.15, -0.1) is 0 Å². The van der Waals surface area contributed by atoms with Crippen molar-refractivity contribution >= 4 is 27.7 Å². The number of carbonyl (C=O) groups is 1. The smallest absolute Gasteiger partial charge is 0.328 e. The molecule has 1 N–H and O–H groups in total. The Hall–Kier alpha value is -1.17. The van der Waals surface area contributed by atoms with Gasteiger partial charge in [0.1, 0.15) is 6.04 Å². The molecule has 1 atom stereocenters. The Morgan fingerprint density at radius 1 is 1.61 bits per heavy atom. The minimum atomic E-state index is -0.599. The molecule has 4 nitrogen and oxygen atoms in total. The molecule has 1 unspecified atom stereocenters. The third-order valence-corrected chi connectivity index (χ3v) is 2.75. The SMILES string of the molecule is COC(=O)C(CC(C)C)Nc1ncc(Br)cc1F. The average Bonchev–Trinajstić information content (AvgIpc) is 2.30. The van der Waals surface area contributed by atoms with E-state index < -0.39 is 17.8 Å². The van der Waals surface area contributed by atoms with Crippen LogP contribution in [0.5, 0.6) is 0 Å². The molecule has 0 aromatic carbocycles. The molecular formula is C12H16BrFN2O2. The predicted octanol–water partition coefficient (Wildman–Crippen LogP) is 2.98. The lowest BCUT2D eigenvalue weighted by Crippen LogP contribution is -2.32. The van der Waals surface area contributed by atoms with Gasteiger partial charge in [0.15, 0.2) is 11.6 Å². The van der Waals surface area contributed by atoms with Gasteiger partial charge in [0, 0.05) is 10.7 Å². The highest BCUT2D eigenvalue weighted by Gasteiger charge is 2.22. The van der Waals surface area contributed by atoms with Crippen molar-refractivity contribution in [2.75, 3.05) is 12.4 Å². The van der Waals surface area contributed by atoms with Crippen LogP contribution in [0, 0.1) is 11.7 Å². The van der Waals surface area contributed by atoms with Crippen LogP contribution in [-0.2, 0) is 9.53 Å². The van der Waals surface area contributed by atoms with E-state index in [-0.39, 0.29) is 11.7 Å². The van der Waals surface area contributed by atoms with Crippen molar-refractivity contribution in [1.29, 1.82) is 0 Å². The summed E-state index contributed by atoms with van der Waals surface area (Å²) >= 11 is 3.12. The van der Waals surface area contributed by atoms with Gasteiger partial charge in [0.25, 0.3) is 0 Å². The normalized spacial score (nSPS) is 12.3. The number of hydrogen-bond donors (Lipinski definition) is 1. The van der Waals surface area contributed by atoms with Gasteiger partial charge in [-0.05, 0) is 34.3 Å². The number of carbonyl (C=O) groups excluding carboxylic acids is 1. The number of hydrogen-bond acceptors (Lipinski definition) is 4. The van der Waals surface area contributed by atoms with Gasteiger partial charge in [-0.25, -0.2) is 14.2 Å². The summed E-state index contributed by atoms with van der Waals surface area (Å²) in [5.74, 6) is -0.607. The average molecular weight is 319 g/mol. The van der Waals surface area contributed by atoms with Crippen LogP contribution in [0.25, 0.3) is 0 Å². The molecule has 0 saturated heterocycles. The number of ether oxygens (including phenoxy) is 1. The molecule has 1 heterocycles. The molecule has 1 aromatic rings. The minimum absolute atomic E-state index is 0.0502. The van der Waals surface area contributed by atoms with Crippen molar-refractivity contribution in [3.05, 3.63) is 22.6 Å². The van der Waals surface area contributed by atoms with E-state index in [0.29, 0.717) is 10.9 Å². The van der Waals surface area contributed by atoms with Gasteiger partial charge in [0.05, 0.1) is 7.11 Å². The third-order valence-electron chi connectivity index (χ3n) is 2.31. The van der Waals surface area contributed by atoms with E-state index in [2.05, 4.69) is 31.0 Å². The summed E-state index contributed by atoms with van der Waals surface area (Å²) in [6.45, 7) is 3.95. The summed E-state index contributed by atoms with van der Waals surface area (Å²) < 4.78 is 18.8. The van der Waals surface area contributed by atoms with Gasteiger partial charge in [0.2, 0.25) is 0 Å². The molecule has 18 heavy (non-hydrogen) atoms. The molecule has 0 aliphatic rings. The standard InChI is InChI=1S/C12H16BrFN2O2/c1-7(2)4-10(12(17)18-3)16-11-9(14)5-8(13)6-15-11/h5-7,10H,4H2,1-3H3,(H,15,16). The first kappa shape index (κ1) is 14.9. The Labute approximate surface area is 114 Å². The lowest BCUT2D eigenvalue weighted by atomic mass is 10.0. The highest BCUT2D eigenvalue weighted by Crippen LogP contribution is 2.18. The number of aromatic nitrogens is 1. The Balaban J connectivity index is 2.85. The second kappa shape index (κ2) is 6.68. The van der Waals surface area contributed by atoms with E-state index in [4.69, 9.17) is 0 Å². The molecule has 100 valence electrons. The molecule has 0 spiro atoms. The summed E-state index contributed by atoms with van der Waals surface area (Å²) in [7, 11) is 1.31. The van der Waals surface area contributed by atoms with E-state index >= 15 is 0 Å². The molecule has 0 aliphatic carbocycles. The number of anilines is 1. The molecule has 0 aliphatic heterocycles. The number of halogens is 2. The molecular weight excluding hydrogens is 303 g/mol. The third kappa shape index (κ3) is 4.25. The van der Waals surface area contributed by atoms with Gasteiger partial charge in [-0.1, -0.05) is 13.8 Å². The Morgan fingerprint density at radius 2 is 2.28 bits per heavy atom. The highest BCUT2D eigenvalue weighted by molar-refractivity contribution is 9.10. The van der Waals surface area contributed by atoms with Crippen LogP contribution in [0.1, 0.15) is 20.3 Å². The van der Waals surface area contributed by atoms with Gasteiger partial charge >= 0.3 is 5.97 Å². The zero-order chi connectivity index (χ0) is 13.7. The summed E-state index contributed by atoms with van der Waals surface area (Å²) in [4.78, 5) is 15.5. The van der Waals surface area contributed by atoms with Crippen molar-refractivity contribution in [3.8, 4) is 0 Å². The van der Waals surface area contributed by atoms with Crippen molar-refractivity contribution < 1.29 is 13.9 Å². The van der Waals surface area contributed by atoms with Crippen LogP contribution in [0.4, 0.5) is 10.2 Å². The Kier molecular flexibility index (Phi) is 5.53. The summed E-state index contributed by atoms with van der Waals surface area (Å²) in [5, 5.41) is 2.78. The zero-order valence-corrected chi connectivity index (χ0v) is 12.1. The van der Waals surface area contributed by atoms with Crippen LogP contribution < -0.4 is 5.32 Å². The molecule has 0 fully saturated rings. The second-order valence-corrected chi connectivity index (χ2v) is 5.25. The maximum atomic E-state index is 13.6. The number of nitrogens with zero attached hydrogens (tertiary/aromatic N) is 1. The number of methoxy groups -OCH3 is 1. The van der Waals surface area contributed by atoms with E-state index in [1.807, 2.05) is 13.8 Å². The van der Waals surface area contributed by atoms with E-state index in [1.54, 1.807) is 0 Å². The summed E-state index contributed by atoms with van der Waals surface area (Å²) in [5.41, 5.74) is 0. The van der Waals surface area contributed by atoms with Crippen molar-refractivity contribution in [2.45, 2.75) is 26.3 Å². The largest absolute Gasteiger partial charge is 0.467 e. The minimum Gasteiger partial charge on any atom is -0.467 e. The fourth-order valence-electron chi connectivity index (χ4n) is 1.51. The van der Waals surface area contributed by atoms with Crippen molar-refractivity contribution in [1.82, 2.24) is 4.98 Å². The van der Waals surface area contributed by atoms with Crippen molar-refractivity contribution in [3.63, 3.8) is 0 Å². The van der Waals surface area contributed by atoms with E-state index in [9.17, 15) is 9.18 Å². The van der Waals surface area contributed by atoms with E-state index in [1.165, 1.54) is 19.4 Å². The summed E-state index contributed by atoms with van der Waals surface area (Å²) in [6, 6.07) is 0.692. The van der Waals surface area contributed by atoms with Crippen LogP contribution in [0.3, 0.4) is 0 Å². The first-order chi connectivity index (χ1) is 8.43. The monoisotopic (exact) mass is 318 g/mol. The van der Waals surface area contributed by atoms with Crippen LogP contribution in [-0.4, -0.2) is 24.1 Å². The lowest BCUT2D eigenvalue weighted by Gasteiger charge is -2.19. The van der Waals surface area contributed by atoms with Gasteiger partial charge in [-0.2, -0.15) is 0 Å². The maximum absolute atomic E-state index is 13.6. The molecule has 0 amide bonds. The van der Waals surface area contributed by atoms with Crippen LogP contribution in [0.15, 0.2) is 16.7 Å². The van der Waals surface area contributed by atoms with Crippen molar-refractivity contribution in [2.24, 2.45) is 5.92 Å². The molecule has 0 radical (unpaired) electrons. The second-order valence-electron chi connectivity index (χ2n) is 4.33. The number of esters is 1. The Morgan fingerprint density at radius 3 is 2.78 bits per heavy atom. The van der Waals surface area contributed by atoms with Crippen LogP contribution in [0.2, 0.25) is 0 Å².